The third-order valence-corrected chi connectivity index (χ3v) is 3.08. The molecule has 1 aromatic carbocycles. The van der Waals surface area contributed by atoms with Gasteiger partial charge in [0.2, 0.25) is 0 Å². The van der Waals surface area contributed by atoms with Crippen molar-refractivity contribution in [3.63, 3.8) is 0 Å². The van der Waals surface area contributed by atoms with E-state index in [0.29, 0.717) is 11.1 Å². The van der Waals surface area contributed by atoms with Crippen molar-refractivity contribution in [2.45, 2.75) is 20.0 Å². The molecule has 3 nitrogen and oxygen atoms in total. The molecule has 0 unspecified atom stereocenters. The fourth-order valence-electron chi connectivity index (χ4n) is 1.94. The van der Waals surface area contributed by atoms with E-state index in [-0.39, 0.29) is 17.1 Å². The van der Waals surface area contributed by atoms with Crippen LogP contribution in [0.2, 0.25) is 0 Å². The van der Waals surface area contributed by atoms with Gasteiger partial charge in [-0.3, -0.25) is 0 Å². The Balaban J connectivity index is 2.42. The van der Waals surface area contributed by atoms with Crippen molar-refractivity contribution in [2.24, 2.45) is 0 Å². The zero-order valence-electron chi connectivity index (χ0n) is 11.4. The van der Waals surface area contributed by atoms with Gasteiger partial charge in [-0.05, 0) is 43.2 Å². The van der Waals surface area contributed by atoms with Gasteiger partial charge in [0.15, 0.2) is 0 Å². The van der Waals surface area contributed by atoms with Crippen molar-refractivity contribution >= 4 is 11.5 Å². The highest BCUT2D eigenvalue weighted by atomic mass is 19.4. The molecule has 1 heterocycles. The molecule has 2 rings (SSSR count). The highest BCUT2D eigenvalue weighted by Crippen LogP contribution is 2.34. The Morgan fingerprint density at radius 1 is 1.14 bits per heavy atom. The lowest BCUT2D eigenvalue weighted by Crippen LogP contribution is -2.08. The van der Waals surface area contributed by atoms with Crippen LogP contribution in [0.15, 0.2) is 30.5 Å². The molecule has 1 aromatic heterocycles. The average Bonchev–Trinajstić information content (AvgIpc) is 2.40. The van der Waals surface area contributed by atoms with Gasteiger partial charge in [-0.2, -0.15) is 18.4 Å². The standard InChI is InChI=1S/C15H12F3N3/c1-9-5-6-20-14(12(9)8-19)21-11-4-3-10(2)13(7-11)15(16,17)18/h3-7H,1-2H3,(H,20,21). The number of halogens is 3. The molecule has 0 bridgehead atoms. The van der Waals surface area contributed by atoms with Crippen LogP contribution in [-0.2, 0) is 6.18 Å². The van der Waals surface area contributed by atoms with Gasteiger partial charge < -0.3 is 5.32 Å². The molecule has 0 spiro atoms. The molecule has 0 amide bonds. The second kappa shape index (κ2) is 5.44. The minimum absolute atomic E-state index is 0.144. The first-order chi connectivity index (χ1) is 9.82. The van der Waals surface area contributed by atoms with E-state index in [1.165, 1.54) is 25.3 Å². The molecule has 0 aliphatic rings. The Kier molecular flexibility index (Phi) is 3.85. The van der Waals surface area contributed by atoms with Crippen LogP contribution in [0.1, 0.15) is 22.3 Å². The number of aromatic nitrogens is 1. The van der Waals surface area contributed by atoms with E-state index < -0.39 is 11.7 Å². The molecule has 1 N–H and O–H groups in total. The maximum Gasteiger partial charge on any atom is 0.416 e. The molecule has 0 fully saturated rings. The van der Waals surface area contributed by atoms with Crippen molar-refractivity contribution < 1.29 is 13.2 Å². The minimum atomic E-state index is -4.42. The fraction of sp³-hybridized carbons (Fsp3) is 0.200. The van der Waals surface area contributed by atoms with Crippen LogP contribution in [0.25, 0.3) is 0 Å². The Morgan fingerprint density at radius 3 is 2.48 bits per heavy atom. The summed E-state index contributed by atoms with van der Waals surface area (Å²) < 4.78 is 38.6. The van der Waals surface area contributed by atoms with E-state index >= 15 is 0 Å². The van der Waals surface area contributed by atoms with Crippen molar-refractivity contribution in [1.29, 1.82) is 5.26 Å². The van der Waals surface area contributed by atoms with Crippen molar-refractivity contribution in [3.05, 3.63) is 52.7 Å². The number of pyridine rings is 1. The van der Waals surface area contributed by atoms with Gasteiger partial charge in [-0.15, -0.1) is 0 Å². The van der Waals surface area contributed by atoms with Crippen LogP contribution < -0.4 is 5.32 Å². The largest absolute Gasteiger partial charge is 0.416 e. The first-order valence-corrected chi connectivity index (χ1v) is 6.13. The zero-order valence-corrected chi connectivity index (χ0v) is 11.4. The summed E-state index contributed by atoms with van der Waals surface area (Å²) in [5.74, 6) is 0.245. The predicted octanol–water partition coefficient (Wildman–Crippen LogP) is 4.33. The summed E-state index contributed by atoms with van der Waals surface area (Å²) in [7, 11) is 0. The van der Waals surface area contributed by atoms with Gasteiger partial charge in [0, 0.05) is 11.9 Å². The van der Waals surface area contributed by atoms with Gasteiger partial charge in [0.1, 0.15) is 11.9 Å². The van der Waals surface area contributed by atoms with Crippen molar-refractivity contribution in [3.8, 4) is 6.07 Å². The van der Waals surface area contributed by atoms with Crippen molar-refractivity contribution in [1.82, 2.24) is 4.98 Å². The SMILES string of the molecule is Cc1ccc(Nc2nccc(C)c2C#N)cc1C(F)(F)F. The summed E-state index contributed by atoms with van der Waals surface area (Å²) in [4.78, 5) is 4.01. The number of hydrogen-bond donors (Lipinski definition) is 1. The Labute approximate surface area is 120 Å². The number of nitriles is 1. The topological polar surface area (TPSA) is 48.7 Å². The van der Waals surface area contributed by atoms with Crippen molar-refractivity contribution in [2.75, 3.05) is 5.32 Å². The molecule has 0 atom stereocenters. The highest BCUT2D eigenvalue weighted by molar-refractivity contribution is 5.65. The number of hydrogen-bond acceptors (Lipinski definition) is 3. The number of aryl methyl sites for hydroxylation is 2. The first kappa shape index (κ1) is 14.9. The fourth-order valence-corrected chi connectivity index (χ4v) is 1.94. The van der Waals surface area contributed by atoms with Crippen LogP contribution in [0, 0.1) is 25.2 Å². The van der Waals surface area contributed by atoms with E-state index in [1.54, 1.807) is 13.0 Å². The van der Waals surface area contributed by atoms with E-state index in [0.717, 1.165) is 6.07 Å². The number of benzene rings is 1. The molecule has 0 aliphatic carbocycles. The molecule has 0 radical (unpaired) electrons. The normalized spacial score (nSPS) is 11.0. The third kappa shape index (κ3) is 3.14. The maximum absolute atomic E-state index is 12.9. The lowest BCUT2D eigenvalue weighted by Gasteiger charge is -2.14. The second-order valence-corrected chi connectivity index (χ2v) is 4.62. The molecule has 2 aromatic rings. The molecule has 21 heavy (non-hydrogen) atoms. The minimum Gasteiger partial charge on any atom is -0.339 e. The molecule has 0 saturated heterocycles. The number of alkyl halides is 3. The van der Waals surface area contributed by atoms with Crippen LogP contribution >= 0.6 is 0 Å². The van der Waals surface area contributed by atoms with Gasteiger partial charge in [0.05, 0.1) is 11.1 Å². The lowest BCUT2D eigenvalue weighted by atomic mass is 10.1. The first-order valence-electron chi connectivity index (χ1n) is 6.13. The third-order valence-electron chi connectivity index (χ3n) is 3.08. The predicted molar refractivity (Wildman–Crippen MR) is 73.2 cm³/mol. The molecule has 108 valence electrons. The summed E-state index contributed by atoms with van der Waals surface area (Å²) in [5.41, 5.74) is 0.691. The maximum atomic E-state index is 12.9. The average molecular weight is 291 g/mol. The molecule has 0 aliphatic heterocycles. The van der Waals surface area contributed by atoms with Gasteiger partial charge in [-0.1, -0.05) is 6.07 Å². The number of anilines is 2. The van der Waals surface area contributed by atoms with E-state index in [2.05, 4.69) is 10.3 Å². The molecule has 6 heteroatoms. The zero-order chi connectivity index (χ0) is 15.6. The molecular weight excluding hydrogens is 279 g/mol. The van der Waals surface area contributed by atoms with Crippen LogP contribution in [0.3, 0.4) is 0 Å². The summed E-state index contributed by atoms with van der Waals surface area (Å²) >= 11 is 0. The van der Waals surface area contributed by atoms with Crippen LogP contribution in [0.5, 0.6) is 0 Å². The van der Waals surface area contributed by atoms with Gasteiger partial charge >= 0.3 is 6.18 Å². The monoisotopic (exact) mass is 291 g/mol. The number of rotatable bonds is 2. The Hall–Kier alpha value is -2.55. The summed E-state index contributed by atoms with van der Waals surface area (Å²) in [6.45, 7) is 3.14. The van der Waals surface area contributed by atoms with E-state index in [9.17, 15) is 13.2 Å². The molecule has 0 saturated carbocycles. The van der Waals surface area contributed by atoms with Gasteiger partial charge in [-0.25, -0.2) is 4.98 Å². The molecular formula is C15H12F3N3. The quantitative estimate of drug-likeness (QED) is 0.895. The van der Waals surface area contributed by atoms with E-state index in [1.807, 2.05) is 6.07 Å². The smallest absolute Gasteiger partial charge is 0.339 e. The van der Waals surface area contributed by atoms with Crippen LogP contribution in [0.4, 0.5) is 24.7 Å². The second-order valence-electron chi connectivity index (χ2n) is 4.62. The van der Waals surface area contributed by atoms with Gasteiger partial charge in [0.25, 0.3) is 0 Å². The van der Waals surface area contributed by atoms with Crippen LogP contribution in [-0.4, -0.2) is 4.98 Å². The van der Waals surface area contributed by atoms with E-state index in [4.69, 9.17) is 5.26 Å². The summed E-state index contributed by atoms with van der Waals surface area (Å²) in [5, 5.41) is 11.9. The number of nitrogens with one attached hydrogen (secondary N) is 1. The summed E-state index contributed by atoms with van der Waals surface area (Å²) in [6.07, 6.45) is -2.92. The Bertz CT molecular complexity index is 715. The highest BCUT2D eigenvalue weighted by Gasteiger charge is 2.32. The Morgan fingerprint density at radius 2 is 1.86 bits per heavy atom. The lowest BCUT2D eigenvalue weighted by molar-refractivity contribution is -0.138. The summed E-state index contributed by atoms with van der Waals surface area (Å²) in [6, 6.07) is 7.58. The number of nitrogens with zero attached hydrogens (tertiary/aromatic N) is 2.